The summed E-state index contributed by atoms with van der Waals surface area (Å²) in [7, 11) is 0. The molecule has 0 amide bonds. The van der Waals surface area contributed by atoms with E-state index in [-0.39, 0.29) is 0 Å². The average molecular weight is 437 g/mol. The molecule has 0 aliphatic rings. The third-order valence-electron chi connectivity index (χ3n) is 3.68. The van der Waals surface area contributed by atoms with Crippen LogP contribution in [0, 0.1) is 0 Å². The fourth-order valence-electron chi connectivity index (χ4n) is 2.37. The Balaban J connectivity index is 1.72. The topological polar surface area (TPSA) is 21.3 Å². The molecule has 3 aromatic rings. The van der Waals surface area contributed by atoms with E-state index >= 15 is 0 Å². The number of anilines is 1. The Morgan fingerprint density at radius 3 is 2.44 bits per heavy atom. The van der Waals surface area contributed by atoms with Gasteiger partial charge in [0.1, 0.15) is 12.4 Å². The second kappa shape index (κ2) is 8.61. The average Bonchev–Trinajstić information content (AvgIpc) is 2.61. The lowest BCUT2D eigenvalue weighted by Crippen LogP contribution is -2.04. The first-order chi connectivity index (χ1) is 12.1. The summed E-state index contributed by atoms with van der Waals surface area (Å²) in [5.41, 5.74) is 3.02. The van der Waals surface area contributed by atoms with Gasteiger partial charge in [-0.3, -0.25) is 0 Å². The second-order valence-corrected chi connectivity index (χ2v) is 7.26. The van der Waals surface area contributed by atoms with Crippen molar-refractivity contribution in [3.8, 4) is 5.75 Å². The van der Waals surface area contributed by atoms with Crippen molar-refractivity contribution in [1.29, 1.82) is 0 Å². The highest BCUT2D eigenvalue weighted by Crippen LogP contribution is 2.27. The molecule has 25 heavy (non-hydrogen) atoms. The molecule has 3 aromatic carbocycles. The van der Waals surface area contributed by atoms with E-state index in [1.165, 1.54) is 0 Å². The van der Waals surface area contributed by atoms with Crippen molar-refractivity contribution in [3.05, 3.63) is 92.4 Å². The van der Waals surface area contributed by atoms with Gasteiger partial charge in [-0.1, -0.05) is 63.4 Å². The van der Waals surface area contributed by atoms with Crippen LogP contribution in [-0.2, 0) is 13.2 Å². The molecular formula is C20H16BrCl2NO. The molecule has 0 saturated carbocycles. The first kappa shape index (κ1) is 18.1. The Bertz CT molecular complexity index is 856. The largest absolute Gasteiger partial charge is 0.488 e. The van der Waals surface area contributed by atoms with Crippen molar-refractivity contribution >= 4 is 44.8 Å². The lowest BCUT2D eigenvalue weighted by molar-refractivity contribution is 0.303. The molecule has 0 fully saturated rings. The molecule has 0 unspecified atom stereocenters. The number of rotatable bonds is 6. The van der Waals surface area contributed by atoms with Crippen molar-refractivity contribution in [2.45, 2.75) is 13.2 Å². The van der Waals surface area contributed by atoms with Crippen LogP contribution >= 0.6 is 39.1 Å². The molecule has 0 aliphatic heterocycles. The Morgan fingerprint density at radius 2 is 1.68 bits per heavy atom. The lowest BCUT2D eigenvalue weighted by atomic mass is 10.2. The third-order valence-corrected chi connectivity index (χ3v) is 4.76. The van der Waals surface area contributed by atoms with Crippen LogP contribution in [0.5, 0.6) is 5.75 Å². The monoisotopic (exact) mass is 435 g/mol. The van der Waals surface area contributed by atoms with Crippen LogP contribution in [0.1, 0.15) is 11.1 Å². The Morgan fingerprint density at radius 1 is 0.880 bits per heavy atom. The fourth-order valence-corrected chi connectivity index (χ4v) is 3.25. The maximum atomic E-state index is 6.22. The van der Waals surface area contributed by atoms with Crippen LogP contribution in [0.2, 0.25) is 10.0 Å². The van der Waals surface area contributed by atoms with Gasteiger partial charge in [-0.2, -0.15) is 0 Å². The molecule has 2 nitrogen and oxygen atoms in total. The highest BCUT2D eigenvalue weighted by atomic mass is 79.9. The molecule has 128 valence electrons. The number of para-hydroxylation sites is 1. The summed E-state index contributed by atoms with van der Waals surface area (Å²) in [5, 5.41) is 4.62. The van der Waals surface area contributed by atoms with Crippen molar-refractivity contribution < 1.29 is 4.74 Å². The standard InChI is InChI=1S/C20H16BrCl2NO/c21-16-7-9-20(25-13-14-6-8-17(22)11-19(14)23)15(10-16)12-24-18-4-2-1-3-5-18/h1-11,24H,12-13H2. The van der Waals surface area contributed by atoms with Gasteiger partial charge in [-0.05, 0) is 42.5 Å². The summed E-state index contributed by atoms with van der Waals surface area (Å²) in [6.45, 7) is 1.04. The van der Waals surface area contributed by atoms with E-state index in [1.54, 1.807) is 6.07 Å². The van der Waals surface area contributed by atoms with Gasteiger partial charge in [0.05, 0.1) is 0 Å². The van der Waals surface area contributed by atoms with Crippen molar-refractivity contribution in [2.24, 2.45) is 0 Å². The Kier molecular flexibility index (Phi) is 6.24. The number of halogens is 3. The van der Waals surface area contributed by atoms with Gasteiger partial charge < -0.3 is 10.1 Å². The second-order valence-electron chi connectivity index (χ2n) is 5.50. The molecule has 0 atom stereocenters. The SMILES string of the molecule is Clc1ccc(COc2ccc(Br)cc2CNc2ccccc2)c(Cl)c1. The molecule has 0 spiro atoms. The Labute approximate surface area is 165 Å². The van der Waals surface area contributed by atoms with E-state index < -0.39 is 0 Å². The number of benzene rings is 3. The van der Waals surface area contributed by atoms with E-state index in [0.29, 0.717) is 23.2 Å². The first-order valence-corrected chi connectivity index (χ1v) is 9.31. The molecule has 0 bridgehead atoms. The molecule has 0 aromatic heterocycles. The maximum absolute atomic E-state index is 6.22. The van der Waals surface area contributed by atoms with Crippen molar-refractivity contribution in [1.82, 2.24) is 0 Å². The molecule has 0 aliphatic carbocycles. The van der Waals surface area contributed by atoms with Crippen LogP contribution in [0.4, 0.5) is 5.69 Å². The Hall–Kier alpha value is -1.68. The number of ether oxygens (including phenoxy) is 1. The minimum atomic E-state index is 0.385. The highest BCUT2D eigenvalue weighted by Gasteiger charge is 2.07. The van der Waals surface area contributed by atoms with Crippen LogP contribution < -0.4 is 10.1 Å². The number of hydrogen-bond acceptors (Lipinski definition) is 2. The van der Waals surface area contributed by atoms with Crippen LogP contribution in [-0.4, -0.2) is 0 Å². The quantitative estimate of drug-likeness (QED) is 0.451. The zero-order valence-corrected chi connectivity index (χ0v) is 16.4. The molecule has 1 N–H and O–H groups in total. The van der Waals surface area contributed by atoms with Crippen molar-refractivity contribution in [2.75, 3.05) is 5.32 Å². The zero-order chi connectivity index (χ0) is 17.6. The normalized spacial score (nSPS) is 10.5. The minimum Gasteiger partial charge on any atom is -0.488 e. The predicted octanol–water partition coefficient (Wildman–Crippen LogP) is 6.95. The van der Waals surface area contributed by atoms with Crippen molar-refractivity contribution in [3.63, 3.8) is 0 Å². The number of hydrogen-bond donors (Lipinski definition) is 1. The van der Waals surface area contributed by atoms with Crippen LogP contribution in [0.15, 0.2) is 71.2 Å². The maximum Gasteiger partial charge on any atom is 0.124 e. The van der Waals surface area contributed by atoms with Gasteiger partial charge in [-0.15, -0.1) is 0 Å². The summed E-state index contributed by atoms with van der Waals surface area (Å²) in [4.78, 5) is 0. The summed E-state index contributed by atoms with van der Waals surface area (Å²) in [5.74, 6) is 0.817. The van der Waals surface area contributed by atoms with Gasteiger partial charge in [0.25, 0.3) is 0 Å². The van der Waals surface area contributed by atoms with Crippen LogP contribution in [0.3, 0.4) is 0 Å². The van der Waals surface area contributed by atoms with E-state index in [4.69, 9.17) is 27.9 Å². The van der Waals surface area contributed by atoms with Crippen LogP contribution in [0.25, 0.3) is 0 Å². The van der Waals surface area contributed by atoms with Gasteiger partial charge >= 0.3 is 0 Å². The fraction of sp³-hybridized carbons (Fsp3) is 0.100. The molecule has 0 radical (unpaired) electrons. The molecule has 5 heteroatoms. The summed E-state index contributed by atoms with van der Waals surface area (Å²) in [6, 6.07) is 21.5. The molecule has 3 rings (SSSR count). The number of nitrogens with one attached hydrogen (secondary N) is 1. The summed E-state index contributed by atoms with van der Waals surface area (Å²) >= 11 is 15.7. The summed E-state index contributed by atoms with van der Waals surface area (Å²) < 4.78 is 7.01. The van der Waals surface area contributed by atoms with E-state index in [9.17, 15) is 0 Å². The van der Waals surface area contributed by atoms with Gasteiger partial charge in [0.15, 0.2) is 0 Å². The van der Waals surface area contributed by atoms with E-state index in [2.05, 4.69) is 27.3 Å². The molecule has 0 saturated heterocycles. The predicted molar refractivity (Wildman–Crippen MR) is 109 cm³/mol. The lowest BCUT2D eigenvalue weighted by Gasteiger charge is -2.14. The van der Waals surface area contributed by atoms with Gasteiger partial charge in [-0.25, -0.2) is 0 Å². The van der Waals surface area contributed by atoms with Gasteiger partial charge in [0.2, 0.25) is 0 Å². The third kappa shape index (κ3) is 5.15. The summed E-state index contributed by atoms with van der Waals surface area (Å²) in [6.07, 6.45) is 0. The molecular weight excluding hydrogens is 421 g/mol. The van der Waals surface area contributed by atoms with E-state index in [0.717, 1.165) is 27.0 Å². The van der Waals surface area contributed by atoms with E-state index in [1.807, 2.05) is 54.6 Å². The smallest absolute Gasteiger partial charge is 0.124 e. The zero-order valence-electron chi connectivity index (χ0n) is 13.3. The van der Waals surface area contributed by atoms with Gasteiger partial charge in [0, 0.05) is 37.9 Å². The molecule has 0 heterocycles. The first-order valence-electron chi connectivity index (χ1n) is 7.76. The minimum absolute atomic E-state index is 0.385. The highest BCUT2D eigenvalue weighted by molar-refractivity contribution is 9.10.